The van der Waals surface area contributed by atoms with Crippen LogP contribution in [0.5, 0.6) is 5.75 Å². The lowest BCUT2D eigenvalue weighted by molar-refractivity contribution is -0.274. The first kappa shape index (κ1) is 12.8. The third kappa shape index (κ3) is 3.41. The third-order valence-electron chi connectivity index (χ3n) is 1.79. The van der Waals surface area contributed by atoms with E-state index in [-0.39, 0.29) is 4.90 Å². The molecule has 0 spiro atoms. The van der Waals surface area contributed by atoms with Crippen molar-refractivity contribution >= 4 is 9.84 Å². The topological polar surface area (TPSA) is 43.4 Å². The van der Waals surface area contributed by atoms with Crippen LogP contribution < -0.4 is 4.74 Å². The lowest BCUT2D eigenvalue weighted by Gasteiger charge is -2.10. The van der Waals surface area contributed by atoms with Crippen LogP contribution in [0, 0.1) is 6.92 Å². The van der Waals surface area contributed by atoms with E-state index in [0.29, 0.717) is 5.56 Å². The number of aryl methyl sites for hydroxylation is 1. The predicted molar refractivity (Wildman–Crippen MR) is 51.0 cm³/mol. The molecule has 0 N–H and O–H groups in total. The quantitative estimate of drug-likeness (QED) is 0.813. The molecular formula is C9H9F3O3S. The molecule has 1 rings (SSSR count). The summed E-state index contributed by atoms with van der Waals surface area (Å²) < 4.78 is 61.8. The summed E-state index contributed by atoms with van der Waals surface area (Å²) in [6.45, 7) is 1.49. The van der Waals surface area contributed by atoms with Crippen LogP contribution in [0.15, 0.2) is 23.1 Å². The maximum absolute atomic E-state index is 11.9. The molecule has 0 amide bonds. The number of benzene rings is 1. The van der Waals surface area contributed by atoms with E-state index in [9.17, 15) is 21.6 Å². The third-order valence-corrected chi connectivity index (χ3v) is 3.03. The van der Waals surface area contributed by atoms with Gasteiger partial charge in [0, 0.05) is 6.26 Å². The molecule has 7 heteroatoms. The molecule has 1 aromatic carbocycles. The summed E-state index contributed by atoms with van der Waals surface area (Å²) in [5, 5.41) is 0. The minimum absolute atomic E-state index is 0.172. The van der Waals surface area contributed by atoms with Gasteiger partial charge in [-0.1, -0.05) is 6.07 Å². The number of sulfone groups is 1. The molecule has 3 nitrogen and oxygen atoms in total. The molecule has 90 valence electrons. The van der Waals surface area contributed by atoms with Gasteiger partial charge in [-0.25, -0.2) is 8.42 Å². The highest BCUT2D eigenvalue weighted by Gasteiger charge is 2.31. The maximum atomic E-state index is 11.9. The Balaban J connectivity index is 3.19. The summed E-state index contributed by atoms with van der Waals surface area (Å²) in [6.07, 6.45) is -3.91. The monoisotopic (exact) mass is 254 g/mol. The molecule has 16 heavy (non-hydrogen) atoms. The van der Waals surface area contributed by atoms with Gasteiger partial charge in [0.25, 0.3) is 0 Å². The summed E-state index contributed by atoms with van der Waals surface area (Å²) in [5.41, 5.74) is 0.372. The van der Waals surface area contributed by atoms with Gasteiger partial charge in [0.2, 0.25) is 0 Å². The molecule has 0 heterocycles. The van der Waals surface area contributed by atoms with Crippen molar-refractivity contribution in [2.45, 2.75) is 18.2 Å². The van der Waals surface area contributed by atoms with Crippen LogP contribution in [-0.4, -0.2) is 21.0 Å². The first-order chi connectivity index (χ1) is 7.09. The van der Waals surface area contributed by atoms with Crippen molar-refractivity contribution in [2.24, 2.45) is 0 Å². The largest absolute Gasteiger partial charge is 0.573 e. The summed E-state index contributed by atoms with van der Waals surface area (Å²) in [4.78, 5) is -0.172. The summed E-state index contributed by atoms with van der Waals surface area (Å²) in [6, 6.07) is 3.19. The molecule has 1 aromatic rings. The smallest absolute Gasteiger partial charge is 0.406 e. The van der Waals surface area contributed by atoms with E-state index in [1.54, 1.807) is 0 Å². The Morgan fingerprint density at radius 1 is 1.25 bits per heavy atom. The Labute approximate surface area is 90.8 Å². The van der Waals surface area contributed by atoms with Crippen molar-refractivity contribution < 1.29 is 26.3 Å². The Hall–Kier alpha value is -1.24. The van der Waals surface area contributed by atoms with Gasteiger partial charge in [0.05, 0.1) is 4.90 Å². The number of ether oxygens (including phenoxy) is 1. The van der Waals surface area contributed by atoms with Crippen LogP contribution >= 0.6 is 0 Å². The van der Waals surface area contributed by atoms with Crippen LogP contribution in [0.1, 0.15) is 5.56 Å². The number of rotatable bonds is 2. The highest BCUT2D eigenvalue weighted by Crippen LogP contribution is 2.26. The second kappa shape index (κ2) is 3.97. The first-order valence-corrected chi connectivity index (χ1v) is 6.05. The molecule has 0 saturated heterocycles. The van der Waals surface area contributed by atoms with E-state index < -0.39 is 21.9 Å². The van der Waals surface area contributed by atoms with Gasteiger partial charge in [-0.3, -0.25) is 0 Å². The van der Waals surface area contributed by atoms with E-state index in [4.69, 9.17) is 0 Å². The molecule has 0 radical (unpaired) electrons. The van der Waals surface area contributed by atoms with Crippen LogP contribution in [0.4, 0.5) is 13.2 Å². The maximum Gasteiger partial charge on any atom is 0.573 e. The van der Waals surface area contributed by atoms with E-state index in [1.807, 2.05) is 0 Å². The molecule has 0 aliphatic carbocycles. The molecule has 0 aliphatic heterocycles. The van der Waals surface area contributed by atoms with Gasteiger partial charge in [-0.05, 0) is 24.6 Å². The fraction of sp³-hybridized carbons (Fsp3) is 0.333. The van der Waals surface area contributed by atoms with Gasteiger partial charge in [0.1, 0.15) is 5.75 Å². The number of halogens is 3. The zero-order valence-corrected chi connectivity index (χ0v) is 9.32. The molecule has 0 aliphatic rings. The Kier molecular flexibility index (Phi) is 3.18. The highest BCUT2D eigenvalue weighted by atomic mass is 32.2. The minimum atomic E-state index is -4.83. The van der Waals surface area contributed by atoms with Gasteiger partial charge < -0.3 is 4.74 Å². The summed E-state index contributed by atoms with van der Waals surface area (Å²) in [7, 11) is -3.56. The van der Waals surface area contributed by atoms with Crippen molar-refractivity contribution in [3.63, 3.8) is 0 Å². The van der Waals surface area contributed by atoms with Gasteiger partial charge in [0.15, 0.2) is 9.84 Å². The first-order valence-electron chi connectivity index (χ1n) is 4.16. The highest BCUT2D eigenvalue weighted by molar-refractivity contribution is 7.90. The summed E-state index contributed by atoms with van der Waals surface area (Å²) >= 11 is 0. The average molecular weight is 254 g/mol. The van der Waals surface area contributed by atoms with Crippen molar-refractivity contribution in [2.75, 3.05) is 6.26 Å². The number of alkyl halides is 3. The van der Waals surface area contributed by atoms with Crippen molar-refractivity contribution in [1.29, 1.82) is 0 Å². The van der Waals surface area contributed by atoms with Gasteiger partial charge in [-0.15, -0.1) is 13.2 Å². The average Bonchev–Trinajstić information content (AvgIpc) is 2.04. The lowest BCUT2D eigenvalue weighted by Crippen LogP contribution is -2.17. The lowest BCUT2D eigenvalue weighted by atomic mass is 10.2. The Bertz CT molecular complexity index is 491. The van der Waals surface area contributed by atoms with E-state index in [1.165, 1.54) is 13.0 Å². The zero-order chi connectivity index (χ0) is 12.6. The van der Waals surface area contributed by atoms with Crippen LogP contribution in [0.25, 0.3) is 0 Å². The molecule has 0 unspecified atom stereocenters. The zero-order valence-electron chi connectivity index (χ0n) is 8.50. The fourth-order valence-electron chi connectivity index (χ4n) is 1.18. The number of hydrogen-bond acceptors (Lipinski definition) is 3. The summed E-state index contributed by atoms with van der Waals surface area (Å²) in [5.74, 6) is -0.543. The molecule has 0 atom stereocenters. The molecular weight excluding hydrogens is 245 g/mol. The SMILES string of the molecule is Cc1ccc(OC(F)(F)F)cc1S(C)(=O)=O. The van der Waals surface area contributed by atoms with E-state index in [2.05, 4.69) is 4.74 Å². The minimum Gasteiger partial charge on any atom is -0.406 e. The van der Waals surface area contributed by atoms with Crippen LogP contribution in [0.3, 0.4) is 0 Å². The van der Waals surface area contributed by atoms with E-state index >= 15 is 0 Å². The molecule has 0 saturated carbocycles. The van der Waals surface area contributed by atoms with Crippen LogP contribution in [-0.2, 0) is 9.84 Å². The normalized spacial score (nSPS) is 12.6. The Morgan fingerprint density at radius 2 is 1.81 bits per heavy atom. The Morgan fingerprint density at radius 3 is 2.25 bits per heavy atom. The van der Waals surface area contributed by atoms with E-state index in [0.717, 1.165) is 18.4 Å². The van der Waals surface area contributed by atoms with Gasteiger partial charge in [-0.2, -0.15) is 0 Å². The second-order valence-corrected chi connectivity index (χ2v) is 5.23. The van der Waals surface area contributed by atoms with Crippen molar-refractivity contribution in [1.82, 2.24) is 0 Å². The standard InChI is InChI=1S/C9H9F3O3S/c1-6-3-4-7(15-9(10,11)12)5-8(6)16(2,13)14/h3-5H,1-2H3. The van der Waals surface area contributed by atoms with Crippen molar-refractivity contribution in [3.8, 4) is 5.75 Å². The molecule has 0 fully saturated rings. The van der Waals surface area contributed by atoms with Gasteiger partial charge >= 0.3 is 6.36 Å². The predicted octanol–water partition coefficient (Wildman–Crippen LogP) is 2.30. The molecule has 0 bridgehead atoms. The fourth-order valence-corrected chi connectivity index (χ4v) is 2.16. The number of hydrogen-bond donors (Lipinski definition) is 0. The van der Waals surface area contributed by atoms with Crippen molar-refractivity contribution in [3.05, 3.63) is 23.8 Å². The van der Waals surface area contributed by atoms with Crippen LogP contribution in [0.2, 0.25) is 0 Å². The molecule has 0 aromatic heterocycles. The second-order valence-electron chi connectivity index (χ2n) is 3.25.